The topological polar surface area (TPSA) is 12.9 Å². The molecule has 0 N–H and O–H groups in total. The molecule has 0 aliphatic carbocycles. The molecule has 1 rings (SSSR count). The Morgan fingerprint density at radius 3 is 2.75 bits per heavy atom. The van der Waals surface area contributed by atoms with E-state index in [0.717, 1.165) is 11.3 Å². The van der Waals surface area contributed by atoms with Crippen molar-refractivity contribution >= 4 is 15.9 Å². The summed E-state index contributed by atoms with van der Waals surface area (Å²) in [5.41, 5.74) is 1.58. The van der Waals surface area contributed by atoms with E-state index >= 15 is 0 Å². The maximum absolute atomic E-state index is 12.2. The van der Waals surface area contributed by atoms with Crippen molar-refractivity contribution in [1.82, 2.24) is 4.98 Å². The Bertz CT molecular complexity index is 276. The molecular formula is C8H8BrF2N. The Labute approximate surface area is 77.9 Å². The van der Waals surface area contributed by atoms with Crippen molar-refractivity contribution in [3.8, 4) is 0 Å². The molecule has 0 atom stereocenters. The van der Waals surface area contributed by atoms with Crippen LogP contribution in [0.5, 0.6) is 0 Å². The number of pyridine rings is 1. The molecule has 12 heavy (non-hydrogen) atoms. The fraction of sp³-hybridized carbons (Fsp3) is 0.375. The summed E-state index contributed by atoms with van der Waals surface area (Å²) in [5, 5.41) is 0.562. The lowest BCUT2D eigenvalue weighted by atomic mass is 10.2. The number of aromatic nitrogens is 1. The van der Waals surface area contributed by atoms with Crippen LogP contribution in [0.15, 0.2) is 12.3 Å². The van der Waals surface area contributed by atoms with Crippen LogP contribution in [0, 0.1) is 6.92 Å². The second-order valence-corrected chi connectivity index (χ2v) is 3.01. The number of aryl methyl sites for hydroxylation is 1. The molecule has 0 aromatic carbocycles. The van der Waals surface area contributed by atoms with Gasteiger partial charge in [-0.15, -0.1) is 0 Å². The molecule has 0 fully saturated rings. The van der Waals surface area contributed by atoms with E-state index in [1.165, 1.54) is 12.3 Å². The summed E-state index contributed by atoms with van der Waals surface area (Å²) >= 11 is 3.21. The number of halogens is 3. The van der Waals surface area contributed by atoms with E-state index in [9.17, 15) is 8.78 Å². The molecule has 0 saturated carbocycles. The molecule has 0 spiro atoms. The predicted octanol–water partition coefficient (Wildman–Crippen LogP) is 3.22. The highest BCUT2D eigenvalue weighted by molar-refractivity contribution is 9.08. The minimum Gasteiger partial charge on any atom is -0.261 e. The average molecular weight is 236 g/mol. The average Bonchev–Trinajstić information content (AvgIpc) is 2.05. The summed E-state index contributed by atoms with van der Waals surface area (Å²) < 4.78 is 24.3. The van der Waals surface area contributed by atoms with E-state index in [4.69, 9.17) is 0 Å². The highest BCUT2D eigenvalue weighted by Crippen LogP contribution is 2.20. The summed E-state index contributed by atoms with van der Waals surface area (Å²) in [5.74, 6) is 0. The van der Waals surface area contributed by atoms with Crippen molar-refractivity contribution in [3.05, 3.63) is 29.1 Å². The molecule has 1 heterocycles. The molecule has 1 aromatic rings. The van der Waals surface area contributed by atoms with Crippen LogP contribution in [0.2, 0.25) is 0 Å². The Morgan fingerprint density at radius 1 is 1.58 bits per heavy atom. The van der Waals surface area contributed by atoms with Crippen molar-refractivity contribution in [2.75, 3.05) is 0 Å². The molecule has 0 amide bonds. The van der Waals surface area contributed by atoms with Gasteiger partial charge in [0.05, 0.1) is 0 Å². The van der Waals surface area contributed by atoms with Crippen LogP contribution < -0.4 is 0 Å². The van der Waals surface area contributed by atoms with E-state index in [0.29, 0.717) is 5.33 Å². The molecule has 0 bridgehead atoms. The lowest BCUT2D eigenvalue weighted by molar-refractivity contribution is 0.151. The summed E-state index contributed by atoms with van der Waals surface area (Å²) in [4.78, 5) is 3.86. The SMILES string of the molecule is Cc1ncc(C(F)F)cc1CBr. The zero-order valence-electron chi connectivity index (χ0n) is 6.52. The zero-order chi connectivity index (χ0) is 9.14. The first kappa shape index (κ1) is 9.58. The van der Waals surface area contributed by atoms with E-state index < -0.39 is 6.43 Å². The van der Waals surface area contributed by atoms with Crippen molar-refractivity contribution in [3.63, 3.8) is 0 Å². The van der Waals surface area contributed by atoms with E-state index in [-0.39, 0.29) is 5.56 Å². The van der Waals surface area contributed by atoms with Crippen LogP contribution in [-0.4, -0.2) is 4.98 Å². The second-order valence-electron chi connectivity index (χ2n) is 2.45. The number of nitrogens with zero attached hydrogens (tertiary/aromatic N) is 1. The largest absolute Gasteiger partial charge is 0.265 e. The van der Waals surface area contributed by atoms with Gasteiger partial charge >= 0.3 is 0 Å². The van der Waals surface area contributed by atoms with Crippen LogP contribution in [0.1, 0.15) is 23.2 Å². The Hall–Kier alpha value is -0.510. The van der Waals surface area contributed by atoms with Gasteiger partial charge in [-0.1, -0.05) is 15.9 Å². The lowest BCUT2D eigenvalue weighted by Crippen LogP contribution is -1.93. The standard InChI is InChI=1S/C8H8BrF2N/c1-5-6(3-9)2-7(4-12-5)8(10)11/h2,4,8H,3H2,1H3. The highest BCUT2D eigenvalue weighted by atomic mass is 79.9. The molecule has 4 heteroatoms. The summed E-state index contributed by atoms with van der Waals surface area (Å²) in [7, 11) is 0. The molecule has 0 saturated heterocycles. The normalized spacial score (nSPS) is 10.8. The number of alkyl halides is 3. The van der Waals surface area contributed by atoms with E-state index in [2.05, 4.69) is 20.9 Å². The number of hydrogen-bond donors (Lipinski definition) is 0. The Balaban J connectivity index is 3.05. The Morgan fingerprint density at radius 2 is 2.25 bits per heavy atom. The van der Waals surface area contributed by atoms with Gasteiger partial charge < -0.3 is 0 Å². The van der Waals surface area contributed by atoms with Gasteiger partial charge in [0.25, 0.3) is 6.43 Å². The maximum Gasteiger partial charge on any atom is 0.265 e. The van der Waals surface area contributed by atoms with Crippen molar-refractivity contribution in [2.45, 2.75) is 18.7 Å². The zero-order valence-corrected chi connectivity index (χ0v) is 8.11. The fourth-order valence-corrected chi connectivity index (χ4v) is 1.42. The summed E-state index contributed by atoms with van der Waals surface area (Å²) in [6.45, 7) is 1.80. The van der Waals surface area contributed by atoms with Crippen LogP contribution in [0.3, 0.4) is 0 Å². The third kappa shape index (κ3) is 2.00. The summed E-state index contributed by atoms with van der Waals surface area (Å²) in [6, 6.07) is 1.47. The monoisotopic (exact) mass is 235 g/mol. The first-order valence-electron chi connectivity index (χ1n) is 3.44. The van der Waals surface area contributed by atoms with Crippen LogP contribution >= 0.6 is 15.9 Å². The minimum atomic E-state index is -2.43. The van der Waals surface area contributed by atoms with Crippen molar-refractivity contribution < 1.29 is 8.78 Å². The number of rotatable bonds is 2. The molecule has 0 unspecified atom stereocenters. The van der Waals surface area contributed by atoms with Gasteiger partial charge in [0, 0.05) is 22.8 Å². The van der Waals surface area contributed by atoms with Gasteiger partial charge in [-0.2, -0.15) is 0 Å². The molecule has 0 aliphatic rings. The molecule has 0 radical (unpaired) electrons. The first-order chi connectivity index (χ1) is 5.65. The predicted molar refractivity (Wildman–Crippen MR) is 46.6 cm³/mol. The smallest absolute Gasteiger partial charge is 0.261 e. The molecular weight excluding hydrogens is 228 g/mol. The van der Waals surface area contributed by atoms with Crippen LogP contribution in [0.25, 0.3) is 0 Å². The van der Waals surface area contributed by atoms with Gasteiger partial charge in [0.1, 0.15) is 0 Å². The quantitative estimate of drug-likeness (QED) is 0.718. The third-order valence-corrected chi connectivity index (χ3v) is 2.21. The molecule has 66 valence electrons. The third-order valence-electron chi connectivity index (χ3n) is 1.61. The molecule has 1 nitrogen and oxygen atoms in total. The van der Waals surface area contributed by atoms with Crippen molar-refractivity contribution in [1.29, 1.82) is 0 Å². The van der Waals surface area contributed by atoms with Crippen molar-refractivity contribution in [2.24, 2.45) is 0 Å². The van der Waals surface area contributed by atoms with Crippen LogP contribution in [-0.2, 0) is 5.33 Å². The maximum atomic E-state index is 12.2. The molecule has 1 aromatic heterocycles. The van der Waals surface area contributed by atoms with Gasteiger partial charge in [-0.25, -0.2) is 8.78 Å². The summed E-state index contributed by atoms with van der Waals surface area (Å²) in [6.07, 6.45) is -1.22. The fourth-order valence-electron chi connectivity index (χ4n) is 0.852. The second kappa shape index (κ2) is 3.94. The minimum absolute atomic E-state index is 0.0185. The highest BCUT2D eigenvalue weighted by Gasteiger charge is 2.08. The van der Waals surface area contributed by atoms with E-state index in [1.54, 1.807) is 6.92 Å². The van der Waals surface area contributed by atoms with Gasteiger partial charge in [-0.05, 0) is 18.6 Å². The van der Waals surface area contributed by atoms with Gasteiger partial charge in [-0.3, -0.25) is 4.98 Å². The molecule has 0 aliphatic heterocycles. The lowest BCUT2D eigenvalue weighted by Gasteiger charge is -2.03. The van der Waals surface area contributed by atoms with Crippen LogP contribution in [0.4, 0.5) is 8.78 Å². The first-order valence-corrected chi connectivity index (χ1v) is 4.57. The van der Waals surface area contributed by atoms with Gasteiger partial charge in [0.15, 0.2) is 0 Å². The van der Waals surface area contributed by atoms with Gasteiger partial charge in [0.2, 0.25) is 0 Å². The Kier molecular flexibility index (Phi) is 3.14. The van der Waals surface area contributed by atoms with E-state index in [1.807, 2.05) is 0 Å². The number of hydrogen-bond acceptors (Lipinski definition) is 1.